The van der Waals surface area contributed by atoms with Gasteiger partial charge in [0.25, 0.3) is 0 Å². The maximum Gasteiger partial charge on any atom is 0.176 e. The molecule has 0 spiro atoms. The van der Waals surface area contributed by atoms with E-state index in [2.05, 4.69) is 22.3 Å². The highest BCUT2D eigenvalue weighted by Crippen LogP contribution is 2.23. The number of hydrogen-bond donors (Lipinski definition) is 1. The summed E-state index contributed by atoms with van der Waals surface area (Å²) in [6, 6.07) is 6.13. The molecule has 2 heterocycles. The molecule has 0 saturated carbocycles. The molecule has 0 aromatic heterocycles. The Morgan fingerprint density at radius 3 is 2.84 bits per heavy atom. The van der Waals surface area contributed by atoms with Crippen molar-refractivity contribution in [3.8, 4) is 0 Å². The van der Waals surface area contributed by atoms with Crippen LogP contribution < -0.4 is 5.32 Å². The second-order valence-electron chi connectivity index (χ2n) is 5.66. The van der Waals surface area contributed by atoms with Gasteiger partial charge in [-0.15, -0.1) is 0 Å². The van der Waals surface area contributed by atoms with Gasteiger partial charge in [-0.1, -0.05) is 6.42 Å². The van der Waals surface area contributed by atoms with Crippen molar-refractivity contribution < 1.29 is 4.79 Å². The van der Waals surface area contributed by atoms with E-state index in [1.54, 1.807) is 0 Å². The van der Waals surface area contributed by atoms with Gasteiger partial charge in [0.05, 0.1) is 6.54 Å². The Bertz CT molecular complexity index is 464. The molecular weight excluding hydrogens is 236 g/mol. The van der Waals surface area contributed by atoms with Crippen LogP contribution in [0.2, 0.25) is 0 Å². The summed E-state index contributed by atoms with van der Waals surface area (Å²) in [5.74, 6) is 0.273. The summed E-state index contributed by atoms with van der Waals surface area (Å²) in [6.07, 6.45) is 6.04. The van der Waals surface area contributed by atoms with Crippen molar-refractivity contribution in [1.29, 1.82) is 0 Å². The van der Waals surface area contributed by atoms with Crippen molar-refractivity contribution in [3.63, 3.8) is 0 Å². The van der Waals surface area contributed by atoms with E-state index in [1.165, 1.54) is 30.5 Å². The molecule has 1 aromatic carbocycles. The Balaban J connectivity index is 1.69. The first kappa shape index (κ1) is 12.7. The van der Waals surface area contributed by atoms with Gasteiger partial charge < -0.3 is 5.32 Å². The van der Waals surface area contributed by atoms with E-state index in [-0.39, 0.29) is 5.78 Å². The van der Waals surface area contributed by atoms with Crippen LogP contribution in [-0.4, -0.2) is 36.9 Å². The van der Waals surface area contributed by atoms with E-state index < -0.39 is 0 Å². The summed E-state index contributed by atoms with van der Waals surface area (Å²) in [5, 5.41) is 3.39. The van der Waals surface area contributed by atoms with Crippen molar-refractivity contribution in [3.05, 3.63) is 29.3 Å². The number of anilines is 1. The van der Waals surface area contributed by atoms with E-state index in [4.69, 9.17) is 0 Å². The third-order valence-electron chi connectivity index (χ3n) is 4.18. The highest BCUT2D eigenvalue weighted by molar-refractivity contribution is 5.98. The lowest BCUT2D eigenvalue weighted by molar-refractivity contribution is 0.0915. The standard InChI is InChI=1S/C16H22N2O/c19-16(12-18-9-2-1-3-10-18)14-6-7-15-13(11-14)5-4-8-17-15/h6-7,11,17H,1-5,8-10,12H2. The van der Waals surface area contributed by atoms with Crippen molar-refractivity contribution in [2.75, 3.05) is 31.5 Å². The molecule has 2 aliphatic rings. The fraction of sp³-hybridized carbons (Fsp3) is 0.562. The van der Waals surface area contributed by atoms with Crippen molar-refractivity contribution in [1.82, 2.24) is 4.90 Å². The monoisotopic (exact) mass is 258 g/mol. The highest BCUT2D eigenvalue weighted by atomic mass is 16.1. The number of Topliss-reactive ketones (excluding diaryl/α,β-unsaturated/α-hetero) is 1. The molecule has 0 unspecified atom stereocenters. The molecule has 0 amide bonds. The largest absolute Gasteiger partial charge is 0.385 e. The quantitative estimate of drug-likeness (QED) is 0.846. The molecule has 19 heavy (non-hydrogen) atoms. The maximum atomic E-state index is 12.3. The molecule has 1 saturated heterocycles. The minimum Gasteiger partial charge on any atom is -0.385 e. The van der Waals surface area contributed by atoms with E-state index in [9.17, 15) is 4.79 Å². The molecule has 1 N–H and O–H groups in total. The summed E-state index contributed by atoms with van der Waals surface area (Å²) in [5.41, 5.74) is 3.39. The fourth-order valence-corrected chi connectivity index (χ4v) is 3.06. The second-order valence-corrected chi connectivity index (χ2v) is 5.66. The van der Waals surface area contributed by atoms with E-state index in [1.807, 2.05) is 6.07 Å². The maximum absolute atomic E-state index is 12.3. The average molecular weight is 258 g/mol. The highest BCUT2D eigenvalue weighted by Gasteiger charge is 2.17. The predicted molar refractivity (Wildman–Crippen MR) is 77.9 cm³/mol. The van der Waals surface area contributed by atoms with Crippen LogP contribution in [-0.2, 0) is 6.42 Å². The summed E-state index contributed by atoms with van der Waals surface area (Å²) in [4.78, 5) is 14.6. The smallest absolute Gasteiger partial charge is 0.176 e. The van der Waals surface area contributed by atoms with Crippen molar-refractivity contribution in [2.45, 2.75) is 32.1 Å². The number of piperidine rings is 1. The zero-order valence-electron chi connectivity index (χ0n) is 11.5. The van der Waals surface area contributed by atoms with Gasteiger partial charge in [-0.3, -0.25) is 9.69 Å². The number of fused-ring (bicyclic) bond motifs is 1. The molecule has 0 radical (unpaired) electrons. The van der Waals surface area contributed by atoms with Gasteiger partial charge in [0.15, 0.2) is 5.78 Å². The van der Waals surface area contributed by atoms with Gasteiger partial charge in [0.2, 0.25) is 0 Å². The molecule has 3 heteroatoms. The molecule has 0 bridgehead atoms. The Morgan fingerprint density at radius 2 is 2.00 bits per heavy atom. The number of rotatable bonds is 3. The van der Waals surface area contributed by atoms with Gasteiger partial charge in [-0.25, -0.2) is 0 Å². The summed E-state index contributed by atoms with van der Waals surface area (Å²) >= 11 is 0. The van der Waals surface area contributed by atoms with Crippen LogP contribution in [0.25, 0.3) is 0 Å². The first-order chi connectivity index (χ1) is 9.33. The summed E-state index contributed by atoms with van der Waals surface area (Å²) < 4.78 is 0. The van der Waals surface area contributed by atoms with E-state index in [0.717, 1.165) is 38.0 Å². The minimum atomic E-state index is 0.273. The van der Waals surface area contributed by atoms with Crippen LogP contribution in [0.4, 0.5) is 5.69 Å². The lowest BCUT2D eigenvalue weighted by Gasteiger charge is -2.26. The van der Waals surface area contributed by atoms with Crippen molar-refractivity contribution in [2.24, 2.45) is 0 Å². The number of nitrogens with one attached hydrogen (secondary N) is 1. The molecule has 1 aromatic rings. The van der Waals surface area contributed by atoms with Crippen LogP contribution in [0.3, 0.4) is 0 Å². The number of carbonyl (C=O) groups is 1. The Kier molecular flexibility index (Phi) is 3.83. The Hall–Kier alpha value is -1.35. The first-order valence-electron chi connectivity index (χ1n) is 7.45. The molecular formula is C16H22N2O. The first-order valence-corrected chi connectivity index (χ1v) is 7.45. The summed E-state index contributed by atoms with van der Waals surface area (Å²) in [6.45, 7) is 3.80. The van der Waals surface area contributed by atoms with Gasteiger partial charge in [-0.05, 0) is 62.5 Å². The van der Waals surface area contributed by atoms with Crippen LogP contribution in [0.15, 0.2) is 18.2 Å². The third kappa shape index (κ3) is 2.98. The molecule has 3 nitrogen and oxygen atoms in total. The molecule has 1 fully saturated rings. The van der Waals surface area contributed by atoms with Crippen LogP contribution >= 0.6 is 0 Å². The normalized spacial score (nSPS) is 19.6. The molecule has 0 atom stereocenters. The van der Waals surface area contributed by atoms with Gasteiger partial charge in [0.1, 0.15) is 0 Å². The zero-order valence-corrected chi connectivity index (χ0v) is 11.5. The number of ketones is 1. The van der Waals surface area contributed by atoms with Crippen molar-refractivity contribution >= 4 is 11.5 Å². The fourth-order valence-electron chi connectivity index (χ4n) is 3.06. The lowest BCUT2D eigenvalue weighted by atomic mass is 9.99. The molecule has 2 aliphatic heterocycles. The molecule has 3 rings (SSSR count). The number of carbonyl (C=O) groups excluding carboxylic acids is 1. The number of hydrogen-bond acceptors (Lipinski definition) is 3. The second kappa shape index (κ2) is 5.74. The number of likely N-dealkylation sites (tertiary alicyclic amines) is 1. The van der Waals surface area contributed by atoms with Gasteiger partial charge in [-0.2, -0.15) is 0 Å². The predicted octanol–water partition coefficient (Wildman–Crippen LogP) is 2.71. The van der Waals surface area contributed by atoms with Crippen LogP contribution in [0.5, 0.6) is 0 Å². The number of aryl methyl sites for hydroxylation is 1. The van der Waals surface area contributed by atoms with Gasteiger partial charge >= 0.3 is 0 Å². The zero-order chi connectivity index (χ0) is 13.1. The lowest BCUT2D eigenvalue weighted by Crippen LogP contribution is -2.34. The van der Waals surface area contributed by atoms with E-state index >= 15 is 0 Å². The van der Waals surface area contributed by atoms with Crippen LogP contribution in [0, 0.1) is 0 Å². The molecule has 0 aliphatic carbocycles. The number of nitrogens with zero attached hydrogens (tertiary/aromatic N) is 1. The number of benzene rings is 1. The SMILES string of the molecule is O=C(CN1CCCCC1)c1ccc2c(c1)CCCN2. The van der Waals surface area contributed by atoms with Gasteiger partial charge in [0, 0.05) is 17.8 Å². The van der Waals surface area contributed by atoms with Crippen LogP contribution in [0.1, 0.15) is 41.6 Å². The topological polar surface area (TPSA) is 32.3 Å². The average Bonchev–Trinajstić information content (AvgIpc) is 2.48. The third-order valence-corrected chi connectivity index (χ3v) is 4.18. The summed E-state index contributed by atoms with van der Waals surface area (Å²) in [7, 11) is 0. The van der Waals surface area contributed by atoms with E-state index in [0.29, 0.717) is 6.54 Å². The Labute approximate surface area is 115 Å². The molecule has 102 valence electrons. The minimum absolute atomic E-state index is 0.273. The Morgan fingerprint density at radius 1 is 1.16 bits per heavy atom.